The van der Waals surface area contributed by atoms with Crippen LogP contribution in [0.15, 0.2) is 28.5 Å². The predicted molar refractivity (Wildman–Crippen MR) is 55.4 cm³/mol. The summed E-state index contributed by atoms with van der Waals surface area (Å²) in [6.45, 7) is -0.0270. The third-order valence-electron chi connectivity index (χ3n) is 2.33. The van der Waals surface area contributed by atoms with Crippen LogP contribution >= 0.6 is 0 Å². The maximum atomic E-state index is 8.91. The molecule has 3 N–H and O–H groups in total. The molecule has 6 heteroatoms. The summed E-state index contributed by atoms with van der Waals surface area (Å²) in [6.07, 6.45) is 0.407. The first-order valence-electron chi connectivity index (χ1n) is 4.67. The molecule has 0 unspecified atom stereocenters. The molecule has 1 aliphatic rings. The average Bonchev–Trinajstić information content (AvgIpc) is 2.68. The lowest BCUT2D eigenvalue weighted by Gasteiger charge is -2.03. The van der Waals surface area contributed by atoms with Gasteiger partial charge in [-0.1, -0.05) is 17.3 Å². The Morgan fingerprint density at radius 2 is 2.00 bits per heavy atom. The minimum Gasteiger partial charge on any atom is -0.434 e. The number of aliphatic hydroxyl groups excluding tert-OH is 1. The van der Waals surface area contributed by atoms with Crippen molar-refractivity contribution in [3.05, 3.63) is 29.3 Å². The van der Waals surface area contributed by atoms with E-state index >= 15 is 0 Å². The van der Waals surface area contributed by atoms with Crippen molar-refractivity contribution in [2.24, 2.45) is 10.3 Å². The van der Waals surface area contributed by atoms with Gasteiger partial charge in [-0.2, -0.15) is 0 Å². The van der Waals surface area contributed by atoms with E-state index in [4.69, 9.17) is 20.3 Å². The van der Waals surface area contributed by atoms with E-state index in [1.54, 1.807) is 18.2 Å². The minimum atomic E-state index is -0.150. The van der Waals surface area contributed by atoms with Crippen LogP contribution in [0.4, 0.5) is 0 Å². The molecule has 0 amide bonds. The van der Waals surface area contributed by atoms with Gasteiger partial charge in [-0.25, -0.2) is 0 Å². The molecule has 6 nitrogen and oxygen atoms in total. The molecule has 0 spiro atoms. The summed E-state index contributed by atoms with van der Waals surface area (Å²) in [4.78, 5) is 0. The minimum absolute atomic E-state index is 0.0270. The molecule has 0 atom stereocenters. The quantitative estimate of drug-likeness (QED) is 0.504. The van der Waals surface area contributed by atoms with Gasteiger partial charge >= 0.3 is 0 Å². The molecule has 1 aliphatic heterocycles. The van der Waals surface area contributed by atoms with E-state index in [2.05, 4.69) is 10.3 Å². The zero-order valence-corrected chi connectivity index (χ0v) is 8.29. The Morgan fingerprint density at radius 3 is 2.62 bits per heavy atom. The molecule has 0 saturated heterocycles. The largest absolute Gasteiger partial charge is 0.434 e. The Kier molecular flexibility index (Phi) is 2.74. The fourth-order valence-corrected chi connectivity index (χ4v) is 1.68. The fourth-order valence-electron chi connectivity index (χ4n) is 1.68. The van der Waals surface area contributed by atoms with E-state index in [0.29, 0.717) is 17.7 Å². The Morgan fingerprint density at radius 1 is 1.19 bits per heavy atom. The van der Waals surface area contributed by atoms with E-state index in [1.807, 2.05) is 0 Å². The number of benzene rings is 1. The number of aliphatic hydroxyl groups is 1. The zero-order chi connectivity index (χ0) is 11.5. The molecule has 84 valence electrons. The topological polar surface area (TPSA) is 94.6 Å². The average molecular weight is 222 g/mol. The second-order valence-corrected chi connectivity index (χ2v) is 3.22. The molecule has 1 aromatic rings. The summed E-state index contributed by atoms with van der Waals surface area (Å²) in [7, 11) is 0. The molecular weight excluding hydrogens is 212 g/mol. The molecule has 1 aromatic carbocycles. The number of hydrogen-bond acceptors (Lipinski definition) is 6. The van der Waals surface area contributed by atoms with Crippen molar-refractivity contribution in [1.82, 2.24) is 0 Å². The van der Waals surface area contributed by atoms with Crippen LogP contribution in [0.25, 0.3) is 0 Å². The molecule has 2 rings (SSSR count). The standard InChI is InChI=1S/C10H10N2O4/c13-5-4-6-2-1-3-7-8(6)9(11-14)10(12-15)16-7/h1-3,13-15H,4-5H2. The van der Waals surface area contributed by atoms with E-state index < -0.39 is 0 Å². The maximum absolute atomic E-state index is 8.91. The summed E-state index contributed by atoms with van der Waals surface area (Å²) in [6, 6.07) is 5.20. The van der Waals surface area contributed by atoms with Crippen LogP contribution in [0, 0.1) is 0 Å². The van der Waals surface area contributed by atoms with Crippen molar-refractivity contribution in [2.75, 3.05) is 6.61 Å². The first-order chi connectivity index (χ1) is 7.81. The molecular formula is C10H10N2O4. The molecule has 0 bridgehead atoms. The number of nitrogens with zero attached hydrogens (tertiary/aromatic N) is 2. The Labute approximate surface area is 91.1 Å². The summed E-state index contributed by atoms with van der Waals surface area (Å²) in [5.41, 5.74) is 1.39. The molecule has 0 aromatic heterocycles. The highest BCUT2D eigenvalue weighted by Gasteiger charge is 2.30. The Hall–Kier alpha value is -2.08. The highest BCUT2D eigenvalue weighted by atomic mass is 16.5. The monoisotopic (exact) mass is 222 g/mol. The van der Waals surface area contributed by atoms with Gasteiger partial charge in [-0.05, 0) is 23.2 Å². The lowest BCUT2D eigenvalue weighted by Crippen LogP contribution is -2.14. The summed E-state index contributed by atoms with van der Waals surface area (Å²) >= 11 is 0. The van der Waals surface area contributed by atoms with Gasteiger partial charge in [0, 0.05) is 6.61 Å². The van der Waals surface area contributed by atoms with Gasteiger partial charge in [-0.15, -0.1) is 0 Å². The fraction of sp³-hybridized carbons (Fsp3) is 0.200. The normalized spacial score (nSPS) is 18.8. The van der Waals surface area contributed by atoms with E-state index in [9.17, 15) is 0 Å². The number of oxime groups is 2. The highest BCUT2D eigenvalue weighted by Crippen LogP contribution is 2.30. The SMILES string of the molecule is OCCc1cccc2c1C(=NO)C(=NO)O2. The van der Waals surface area contributed by atoms with Gasteiger partial charge in [0.2, 0.25) is 0 Å². The van der Waals surface area contributed by atoms with Crippen molar-refractivity contribution in [1.29, 1.82) is 0 Å². The lowest BCUT2D eigenvalue weighted by molar-refractivity contribution is 0.299. The van der Waals surface area contributed by atoms with Crippen LogP contribution in [-0.2, 0) is 6.42 Å². The van der Waals surface area contributed by atoms with Crippen molar-refractivity contribution in [3.8, 4) is 5.75 Å². The molecule has 0 radical (unpaired) electrons. The van der Waals surface area contributed by atoms with E-state index in [-0.39, 0.29) is 18.2 Å². The van der Waals surface area contributed by atoms with Crippen molar-refractivity contribution in [2.45, 2.75) is 6.42 Å². The van der Waals surface area contributed by atoms with Crippen LogP contribution < -0.4 is 4.74 Å². The Bertz CT molecular complexity index is 468. The maximum Gasteiger partial charge on any atom is 0.285 e. The van der Waals surface area contributed by atoms with Crippen molar-refractivity contribution >= 4 is 11.6 Å². The van der Waals surface area contributed by atoms with Gasteiger partial charge in [-0.3, -0.25) is 0 Å². The van der Waals surface area contributed by atoms with Gasteiger partial charge in [0.15, 0.2) is 5.71 Å². The number of ether oxygens (including phenoxy) is 1. The summed E-state index contributed by atoms with van der Waals surface area (Å²) in [5.74, 6) is 0.300. The molecule has 0 saturated carbocycles. The second-order valence-electron chi connectivity index (χ2n) is 3.22. The second kappa shape index (κ2) is 4.19. The summed E-state index contributed by atoms with van der Waals surface area (Å²) in [5, 5.41) is 32.4. The predicted octanol–water partition coefficient (Wildman–Crippen LogP) is 0.580. The van der Waals surface area contributed by atoms with Crippen LogP contribution in [0.2, 0.25) is 0 Å². The van der Waals surface area contributed by atoms with Gasteiger partial charge in [0.25, 0.3) is 5.90 Å². The van der Waals surface area contributed by atoms with E-state index in [1.165, 1.54) is 0 Å². The highest BCUT2D eigenvalue weighted by molar-refractivity contribution is 6.49. The zero-order valence-electron chi connectivity index (χ0n) is 8.29. The third-order valence-corrected chi connectivity index (χ3v) is 2.33. The number of fused-ring (bicyclic) bond motifs is 1. The van der Waals surface area contributed by atoms with Gasteiger partial charge in [0.05, 0.1) is 5.56 Å². The van der Waals surface area contributed by atoms with Crippen LogP contribution in [0.3, 0.4) is 0 Å². The Balaban J connectivity index is 2.56. The van der Waals surface area contributed by atoms with Gasteiger partial charge in [0.1, 0.15) is 5.75 Å². The van der Waals surface area contributed by atoms with Crippen molar-refractivity contribution < 1.29 is 20.3 Å². The molecule has 16 heavy (non-hydrogen) atoms. The first kappa shape index (κ1) is 10.4. The molecule has 0 aliphatic carbocycles. The van der Waals surface area contributed by atoms with Gasteiger partial charge < -0.3 is 20.3 Å². The number of hydrogen-bond donors (Lipinski definition) is 3. The molecule has 1 heterocycles. The third kappa shape index (κ3) is 1.49. The van der Waals surface area contributed by atoms with Crippen LogP contribution in [-0.4, -0.2) is 33.7 Å². The van der Waals surface area contributed by atoms with Crippen LogP contribution in [0.1, 0.15) is 11.1 Å². The first-order valence-corrected chi connectivity index (χ1v) is 4.67. The summed E-state index contributed by atoms with van der Waals surface area (Å²) < 4.78 is 5.17. The smallest absolute Gasteiger partial charge is 0.285 e. The van der Waals surface area contributed by atoms with Crippen LogP contribution in [0.5, 0.6) is 5.75 Å². The molecule has 0 fully saturated rings. The van der Waals surface area contributed by atoms with E-state index in [0.717, 1.165) is 5.56 Å². The number of rotatable bonds is 2. The lowest BCUT2D eigenvalue weighted by atomic mass is 10.0. The van der Waals surface area contributed by atoms with Crippen molar-refractivity contribution in [3.63, 3.8) is 0 Å².